The summed E-state index contributed by atoms with van der Waals surface area (Å²) in [6, 6.07) is 14.5. The lowest BCUT2D eigenvalue weighted by Crippen LogP contribution is -2.47. The molecule has 0 atom stereocenters. The summed E-state index contributed by atoms with van der Waals surface area (Å²) in [4.78, 5) is 20.0. The molecule has 2 saturated heterocycles. The third-order valence-corrected chi connectivity index (χ3v) is 7.01. The van der Waals surface area contributed by atoms with Crippen LogP contribution >= 0.6 is 0 Å². The van der Waals surface area contributed by atoms with Crippen LogP contribution in [0.15, 0.2) is 65.9 Å². The number of piperazine rings is 1. The summed E-state index contributed by atoms with van der Waals surface area (Å²) >= 11 is 0. The van der Waals surface area contributed by atoms with E-state index in [1.807, 2.05) is 18.3 Å². The lowest BCUT2D eigenvalue weighted by Gasteiger charge is -2.38. The van der Waals surface area contributed by atoms with Gasteiger partial charge in [-0.25, -0.2) is 0 Å². The van der Waals surface area contributed by atoms with Crippen molar-refractivity contribution in [2.45, 2.75) is 19.9 Å². The maximum Gasteiger partial charge on any atom is 0.258 e. The summed E-state index contributed by atoms with van der Waals surface area (Å²) < 4.78 is 7.18. The Kier molecular flexibility index (Phi) is 6.09. The lowest BCUT2D eigenvalue weighted by molar-refractivity contribution is 0.234. The van der Waals surface area contributed by atoms with Crippen molar-refractivity contribution < 1.29 is 4.74 Å². The molecule has 0 amide bonds. The normalized spacial score (nSPS) is 16.4. The van der Waals surface area contributed by atoms with Crippen LogP contribution in [0.2, 0.25) is 0 Å². The number of hydrogen-bond donors (Lipinski definition) is 1. The minimum Gasteiger partial charge on any atom is -0.478 e. The van der Waals surface area contributed by atoms with Gasteiger partial charge in [0.2, 0.25) is 0 Å². The summed E-state index contributed by atoms with van der Waals surface area (Å²) in [5.41, 5.74) is 10.8. The van der Waals surface area contributed by atoms with Gasteiger partial charge in [-0.15, -0.1) is 0 Å². The molecule has 3 aromatic rings. The average Bonchev–Trinajstić information content (AvgIpc) is 3.26. The minimum absolute atomic E-state index is 0.0108. The third-order valence-electron chi connectivity index (χ3n) is 7.01. The number of para-hydroxylation sites is 1. The van der Waals surface area contributed by atoms with Crippen molar-refractivity contribution in [1.29, 1.82) is 0 Å². The second kappa shape index (κ2) is 9.33. The highest BCUT2D eigenvalue weighted by atomic mass is 16.5. The van der Waals surface area contributed by atoms with Crippen LogP contribution in [0.1, 0.15) is 12.0 Å². The van der Waals surface area contributed by atoms with Gasteiger partial charge in [-0.05, 0) is 55.1 Å². The molecule has 0 saturated carbocycles. The van der Waals surface area contributed by atoms with E-state index < -0.39 is 0 Å². The summed E-state index contributed by atoms with van der Waals surface area (Å²) in [7, 11) is 0. The molecule has 0 radical (unpaired) electrons. The number of ether oxygens (including phenoxy) is 1. The Bertz CT molecular complexity index is 1260. The van der Waals surface area contributed by atoms with E-state index in [9.17, 15) is 4.79 Å². The van der Waals surface area contributed by atoms with E-state index in [0.29, 0.717) is 24.2 Å². The number of anilines is 3. The van der Waals surface area contributed by atoms with Crippen molar-refractivity contribution in [2.75, 3.05) is 61.4 Å². The fraction of sp³-hybridized carbons (Fsp3) is 0.370. The molecule has 5 rings (SSSR count). The molecule has 0 unspecified atom stereocenters. The smallest absolute Gasteiger partial charge is 0.258 e. The monoisotopic (exact) mass is 459 g/mol. The molecular weight excluding hydrogens is 426 g/mol. The van der Waals surface area contributed by atoms with Gasteiger partial charge in [-0.1, -0.05) is 18.2 Å². The first kappa shape index (κ1) is 22.2. The summed E-state index contributed by atoms with van der Waals surface area (Å²) in [6.07, 6.45) is 2.75. The molecule has 2 aliphatic heterocycles. The first-order valence-electron chi connectivity index (χ1n) is 12.1. The van der Waals surface area contributed by atoms with Crippen LogP contribution in [0.3, 0.4) is 0 Å². The molecule has 3 heterocycles. The number of hydrogen-bond acceptors (Lipinski definition) is 6. The Balaban J connectivity index is 1.29. The van der Waals surface area contributed by atoms with Gasteiger partial charge >= 0.3 is 0 Å². The van der Waals surface area contributed by atoms with E-state index in [-0.39, 0.29) is 5.56 Å². The van der Waals surface area contributed by atoms with Crippen LogP contribution in [-0.2, 0) is 11.3 Å². The van der Waals surface area contributed by atoms with Gasteiger partial charge in [0.25, 0.3) is 5.56 Å². The number of benzene rings is 2. The Hall–Kier alpha value is -3.61. The van der Waals surface area contributed by atoms with Gasteiger partial charge in [0, 0.05) is 56.5 Å². The highest BCUT2D eigenvalue weighted by molar-refractivity contribution is 5.91. The van der Waals surface area contributed by atoms with Gasteiger partial charge in [-0.3, -0.25) is 4.79 Å². The van der Waals surface area contributed by atoms with Gasteiger partial charge in [0.15, 0.2) is 5.88 Å². The van der Waals surface area contributed by atoms with Gasteiger partial charge in [0.1, 0.15) is 6.61 Å². The van der Waals surface area contributed by atoms with Gasteiger partial charge in [0.05, 0.1) is 17.9 Å². The molecule has 34 heavy (non-hydrogen) atoms. The van der Waals surface area contributed by atoms with Gasteiger partial charge in [-0.2, -0.15) is 0 Å². The average molecular weight is 460 g/mol. The molecule has 2 aromatic carbocycles. The van der Waals surface area contributed by atoms with Crippen molar-refractivity contribution in [2.24, 2.45) is 0 Å². The van der Waals surface area contributed by atoms with Crippen molar-refractivity contribution in [3.05, 3.63) is 77.0 Å². The first-order chi connectivity index (χ1) is 16.5. The lowest BCUT2D eigenvalue weighted by atomic mass is 10.1. The molecule has 0 aliphatic carbocycles. The van der Waals surface area contributed by atoms with Crippen molar-refractivity contribution in [3.8, 4) is 0 Å². The van der Waals surface area contributed by atoms with E-state index in [1.165, 1.54) is 11.3 Å². The molecule has 1 aromatic heterocycles. The number of fused-ring (bicyclic) bond motifs is 1. The Morgan fingerprint density at radius 1 is 0.971 bits per heavy atom. The Morgan fingerprint density at radius 2 is 1.71 bits per heavy atom. The summed E-state index contributed by atoms with van der Waals surface area (Å²) in [5.74, 6) is 0.728. The van der Waals surface area contributed by atoms with E-state index in [2.05, 4.69) is 58.5 Å². The fourth-order valence-electron chi connectivity index (χ4n) is 5.05. The number of aromatic nitrogens is 1. The minimum atomic E-state index is 0.0108. The van der Waals surface area contributed by atoms with Crippen LogP contribution in [0.5, 0.6) is 0 Å². The Morgan fingerprint density at radius 3 is 2.41 bits per heavy atom. The molecule has 2 aliphatic rings. The number of nitrogens with zero attached hydrogens (tertiary/aromatic N) is 4. The maximum atomic E-state index is 13.1. The number of nitrogens with two attached hydrogens (primary N) is 1. The molecule has 0 spiro atoms. The molecular formula is C27H33N5O2. The number of rotatable bonds is 6. The van der Waals surface area contributed by atoms with E-state index in [4.69, 9.17) is 10.5 Å². The van der Waals surface area contributed by atoms with E-state index in [0.717, 1.165) is 62.6 Å². The van der Waals surface area contributed by atoms with Crippen LogP contribution in [0.25, 0.3) is 10.8 Å². The fourth-order valence-corrected chi connectivity index (χ4v) is 5.05. The van der Waals surface area contributed by atoms with Crippen LogP contribution < -0.4 is 21.1 Å². The predicted molar refractivity (Wildman–Crippen MR) is 140 cm³/mol. The van der Waals surface area contributed by atoms with Crippen molar-refractivity contribution in [3.63, 3.8) is 0 Å². The largest absolute Gasteiger partial charge is 0.478 e. The molecule has 2 fully saturated rings. The van der Waals surface area contributed by atoms with Crippen molar-refractivity contribution in [1.82, 2.24) is 9.47 Å². The van der Waals surface area contributed by atoms with Crippen molar-refractivity contribution >= 4 is 27.8 Å². The number of pyridine rings is 1. The molecule has 178 valence electrons. The standard InChI is InChI=1S/C27H33N5O2/c1-20-6-3-4-7-25(20)30-12-14-31(15-13-30)26-18-22-8-11-32(27(33)23(22)19-24(26)28)10-5-9-29-16-17-34-21(29)2/h3-4,6-8,11,18-19H,2,5,9-10,12-17,28H2,1H3. The summed E-state index contributed by atoms with van der Waals surface area (Å²) in [5, 5.41) is 1.62. The highest BCUT2D eigenvalue weighted by Gasteiger charge is 2.21. The molecule has 7 nitrogen and oxygen atoms in total. The van der Waals surface area contributed by atoms with E-state index >= 15 is 0 Å². The molecule has 0 bridgehead atoms. The van der Waals surface area contributed by atoms with Crippen LogP contribution in [0.4, 0.5) is 17.1 Å². The topological polar surface area (TPSA) is 67.0 Å². The molecule has 7 heteroatoms. The van der Waals surface area contributed by atoms with Crippen LogP contribution in [0, 0.1) is 6.92 Å². The first-order valence-corrected chi connectivity index (χ1v) is 12.1. The quantitative estimate of drug-likeness (QED) is 0.570. The molecule has 2 N–H and O–H groups in total. The number of nitrogen functional groups attached to an aromatic ring is 1. The zero-order chi connectivity index (χ0) is 23.7. The maximum absolute atomic E-state index is 13.1. The predicted octanol–water partition coefficient (Wildman–Crippen LogP) is 3.41. The number of aryl methyl sites for hydroxylation is 2. The second-order valence-corrected chi connectivity index (χ2v) is 9.16. The Labute approximate surface area is 200 Å². The van der Waals surface area contributed by atoms with Crippen LogP contribution in [-0.4, -0.2) is 55.3 Å². The summed E-state index contributed by atoms with van der Waals surface area (Å²) in [6.45, 7) is 12.8. The zero-order valence-electron chi connectivity index (χ0n) is 19.9. The van der Waals surface area contributed by atoms with Gasteiger partial charge < -0.3 is 29.7 Å². The SMILES string of the molecule is C=C1OCCN1CCCn1ccc2cc(N3CCN(c4ccccc4C)CC3)c(N)cc2c1=O. The third kappa shape index (κ3) is 4.30. The zero-order valence-corrected chi connectivity index (χ0v) is 19.9. The second-order valence-electron chi connectivity index (χ2n) is 9.16. The highest BCUT2D eigenvalue weighted by Crippen LogP contribution is 2.30. The van der Waals surface area contributed by atoms with E-state index in [1.54, 1.807) is 4.57 Å².